The molecular weight excluding hydrogens is 224 g/mol. The number of hydrogen-bond acceptors (Lipinski definition) is 1. The fourth-order valence-electron chi connectivity index (χ4n) is 2.05. The van der Waals surface area contributed by atoms with Gasteiger partial charge in [-0.15, -0.1) is 0 Å². The smallest absolute Gasteiger partial charge is 0.270 e. The van der Waals surface area contributed by atoms with Crippen LogP contribution in [0.25, 0.3) is 11.3 Å². The van der Waals surface area contributed by atoms with Gasteiger partial charge in [0.25, 0.3) is 5.56 Å². The minimum atomic E-state index is 0.0963. The van der Waals surface area contributed by atoms with Gasteiger partial charge in [-0.1, -0.05) is 43.2 Å². The first-order valence-corrected chi connectivity index (χ1v) is 6.50. The predicted octanol–water partition coefficient (Wildman–Crippen LogP) is 3.26. The zero-order valence-electron chi connectivity index (χ0n) is 11.3. The summed E-state index contributed by atoms with van der Waals surface area (Å²) < 4.78 is 1.72. The molecule has 0 aliphatic rings. The highest BCUT2D eigenvalue weighted by Crippen LogP contribution is 2.19. The third-order valence-corrected chi connectivity index (χ3v) is 3.26. The molecule has 0 atom stereocenters. The van der Waals surface area contributed by atoms with E-state index in [9.17, 15) is 4.79 Å². The first kappa shape index (κ1) is 12.7. The van der Waals surface area contributed by atoms with Gasteiger partial charge in [0.1, 0.15) is 0 Å². The molecule has 0 saturated carbocycles. The number of hydrogen-bond donors (Lipinski definition) is 1. The molecule has 0 fully saturated rings. The Kier molecular flexibility index (Phi) is 3.70. The minimum Gasteiger partial charge on any atom is -0.295 e. The lowest BCUT2D eigenvalue weighted by Crippen LogP contribution is -2.17. The summed E-state index contributed by atoms with van der Waals surface area (Å²) in [6, 6.07) is 8.24. The maximum absolute atomic E-state index is 12.1. The van der Waals surface area contributed by atoms with Gasteiger partial charge in [0, 0.05) is 12.1 Å². The molecule has 1 heterocycles. The maximum atomic E-state index is 12.1. The largest absolute Gasteiger partial charge is 0.295 e. The molecule has 0 spiro atoms. The van der Waals surface area contributed by atoms with E-state index in [0.29, 0.717) is 0 Å². The second-order valence-corrected chi connectivity index (χ2v) is 4.79. The monoisotopic (exact) mass is 244 g/mol. The van der Waals surface area contributed by atoms with Gasteiger partial charge in [0.05, 0.1) is 5.69 Å². The summed E-state index contributed by atoms with van der Waals surface area (Å²) in [5.74, 6) is 0. The van der Waals surface area contributed by atoms with Gasteiger partial charge in [-0.2, -0.15) is 0 Å². The summed E-state index contributed by atoms with van der Waals surface area (Å²) in [6.45, 7) is 6.84. The standard InChI is InChI=1S/C15H20N2O/c1-4-5-10-17-15(18)12(3)14(16-17)13-8-6-11(2)7-9-13/h6-9,16H,4-5,10H2,1-3H3. The maximum Gasteiger partial charge on any atom is 0.270 e. The van der Waals surface area contributed by atoms with Crippen LogP contribution in [0.4, 0.5) is 0 Å². The number of aromatic nitrogens is 2. The van der Waals surface area contributed by atoms with Crippen LogP contribution >= 0.6 is 0 Å². The fraction of sp³-hybridized carbons (Fsp3) is 0.400. The highest BCUT2D eigenvalue weighted by Gasteiger charge is 2.11. The Morgan fingerprint density at radius 3 is 2.44 bits per heavy atom. The third kappa shape index (κ3) is 2.40. The molecule has 0 amide bonds. The number of aryl methyl sites for hydroxylation is 2. The van der Waals surface area contributed by atoms with Crippen molar-refractivity contribution >= 4 is 0 Å². The van der Waals surface area contributed by atoms with Gasteiger partial charge in [0.15, 0.2) is 0 Å². The lowest BCUT2D eigenvalue weighted by Gasteiger charge is -2.01. The van der Waals surface area contributed by atoms with E-state index in [4.69, 9.17) is 0 Å². The van der Waals surface area contributed by atoms with Crippen molar-refractivity contribution in [3.05, 3.63) is 45.7 Å². The second-order valence-electron chi connectivity index (χ2n) is 4.79. The van der Waals surface area contributed by atoms with Crippen LogP contribution in [0.2, 0.25) is 0 Å². The Labute approximate surface area is 107 Å². The molecule has 1 N–H and O–H groups in total. The molecule has 2 aromatic rings. The topological polar surface area (TPSA) is 37.8 Å². The average Bonchev–Trinajstić information content (AvgIpc) is 2.65. The molecular formula is C15H20N2O. The van der Waals surface area contributed by atoms with E-state index >= 15 is 0 Å². The summed E-state index contributed by atoms with van der Waals surface area (Å²) in [6.07, 6.45) is 2.11. The number of benzene rings is 1. The predicted molar refractivity (Wildman–Crippen MR) is 74.9 cm³/mol. The Bertz CT molecular complexity index is 576. The second kappa shape index (κ2) is 5.25. The van der Waals surface area contributed by atoms with Crippen LogP contribution in [0, 0.1) is 13.8 Å². The number of unbranched alkanes of at least 4 members (excludes halogenated alkanes) is 1. The zero-order chi connectivity index (χ0) is 13.1. The van der Waals surface area contributed by atoms with Crippen LogP contribution in [0.5, 0.6) is 0 Å². The van der Waals surface area contributed by atoms with Gasteiger partial charge in [-0.25, -0.2) is 0 Å². The van der Waals surface area contributed by atoms with E-state index in [0.717, 1.165) is 36.2 Å². The summed E-state index contributed by atoms with van der Waals surface area (Å²) in [7, 11) is 0. The number of rotatable bonds is 4. The van der Waals surface area contributed by atoms with Gasteiger partial charge in [0.2, 0.25) is 0 Å². The van der Waals surface area contributed by atoms with Crippen LogP contribution in [-0.2, 0) is 6.54 Å². The lowest BCUT2D eigenvalue weighted by atomic mass is 10.1. The number of nitrogens with zero attached hydrogens (tertiary/aromatic N) is 1. The van der Waals surface area contributed by atoms with Crippen molar-refractivity contribution in [2.45, 2.75) is 40.2 Å². The Hall–Kier alpha value is -1.77. The lowest BCUT2D eigenvalue weighted by molar-refractivity contribution is 0.558. The van der Waals surface area contributed by atoms with Crippen molar-refractivity contribution in [2.24, 2.45) is 0 Å². The van der Waals surface area contributed by atoms with Gasteiger partial charge < -0.3 is 0 Å². The molecule has 3 nitrogen and oxygen atoms in total. The van der Waals surface area contributed by atoms with Crippen molar-refractivity contribution in [1.29, 1.82) is 0 Å². The minimum absolute atomic E-state index is 0.0963. The SMILES string of the molecule is CCCCn1[nH]c(-c2ccc(C)cc2)c(C)c1=O. The van der Waals surface area contributed by atoms with Crippen molar-refractivity contribution in [2.75, 3.05) is 0 Å². The van der Waals surface area contributed by atoms with E-state index in [2.05, 4.69) is 43.2 Å². The average molecular weight is 244 g/mol. The zero-order valence-corrected chi connectivity index (χ0v) is 11.3. The summed E-state index contributed by atoms with van der Waals surface area (Å²) >= 11 is 0. The van der Waals surface area contributed by atoms with E-state index < -0.39 is 0 Å². The van der Waals surface area contributed by atoms with Gasteiger partial charge in [-0.3, -0.25) is 14.6 Å². The molecule has 0 bridgehead atoms. The molecule has 96 valence electrons. The summed E-state index contributed by atoms with van der Waals surface area (Å²) in [5.41, 5.74) is 4.14. The van der Waals surface area contributed by atoms with Crippen molar-refractivity contribution in [3.8, 4) is 11.3 Å². The van der Waals surface area contributed by atoms with Crippen LogP contribution in [0.1, 0.15) is 30.9 Å². The van der Waals surface area contributed by atoms with Crippen molar-refractivity contribution < 1.29 is 0 Å². The quantitative estimate of drug-likeness (QED) is 0.880. The molecule has 0 aliphatic carbocycles. The first-order chi connectivity index (χ1) is 8.63. The van der Waals surface area contributed by atoms with Gasteiger partial charge in [-0.05, 0) is 25.8 Å². The molecule has 1 aromatic heterocycles. The van der Waals surface area contributed by atoms with Crippen molar-refractivity contribution in [1.82, 2.24) is 9.78 Å². The first-order valence-electron chi connectivity index (χ1n) is 6.50. The summed E-state index contributed by atoms with van der Waals surface area (Å²) in [5, 5.41) is 3.22. The molecule has 0 aliphatic heterocycles. The van der Waals surface area contributed by atoms with E-state index in [-0.39, 0.29) is 5.56 Å². The molecule has 18 heavy (non-hydrogen) atoms. The third-order valence-electron chi connectivity index (χ3n) is 3.26. The van der Waals surface area contributed by atoms with Crippen LogP contribution in [0.3, 0.4) is 0 Å². The Balaban J connectivity index is 2.39. The Morgan fingerprint density at radius 2 is 1.83 bits per heavy atom. The number of nitrogens with one attached hydrogen (secondary N) is 1. The normalized spacial score (nSPS) is 10.8. The molecule has 1 aromatic carbocycles. The highest BCUT2D eigenvalue weighted by molar-refractivity contribution is 5.62. The fourth-order valence-corrected chi connectivity index (χ4v) is 2.05. The highest BCUT2D eigenvalue weighted by atomic mass is 16.1. The van der Waals surface area contributed by atoms with E-state index in [1.807, 2.05) is 6.92 Å². The van der Waals surface area contributed by atoms with Crippen LogP contribution in [0.15, 0.2) is 29.1 Å². The molecule has 0 radical (unpaired) electrons. The van der Waals surface area contributed by atoms with E-state index in [1.165, 1.54) is 5.56 Å². The van der Waals surface area contributed by atoms with Gasteiger partial charge >= 0.3 is 0 Å². The van der Waals surface area contributed by atoms with E-state index in [1.54, 1.807) is 4.68 Å². The van der Waals surface area contributed by atoms with Crippen LogP contribution in [-0.4, -0.2) is 9.78 Å². The number of aromatic amines is 1. The summed E-state index contributed by atoms with van der Waals surface area (Å²) in [4.78, 5) is 12.1. The van der Waals surface area contributed by atoms with Crippen LogP contribution < -0.4 is 5.56 Å². The Morgan fingerprint density at radius 1 is 1.17 bits per heavy atom. The van der Waals surface area contributed by atoms with Crippen molar-refractivity contribution in [3.63, 3.8) is 0 Å². The molecule has 3 heteroatoms. The molecule has 2 rings (SSSR count). The number of H-pyrrole nitrogens is 1. The molecule has 0 unspecified atom stereocenters. The molecule has 0 saturated heterocycles.